The molecule has 0 N–H and O–H groups in total. The lowest BCUT2D eigenvalue weighted by Crippen LogP contribution is -2.18. The van der Waals surface area contributed by atoms with Gasteiger partial charge in [-0.25, -0.2) is 4.98 Å². The fourth-order valence-electron chi connectivity index (χ4n) is 3.29. The normalized spacial score (nSPS) is 10.7. The molecular weight excluding hydrogens is 404 g/mol. The summed E-state index contributed by atoms with van der Waals surface area (Å²) in [6.07, 6.45) is 4.05. The van der Waals surface area contributed by atoms with Gasteiger partial charge in [0.25, 0.3) is 5.56 Å². The number of ether oxygens (including phenoxy) is 1. The summed E-state index contributed by atoms with van der Waals surface area (Å²) >= 11 is 6.73. The Balaban J connectivity index is 1.85. The first-order chi connectivity index (χ1) is 14.6. The van der Waals surface area contributed by atoms with Crippen LogP contribution in [0.5, 0.6) is 5.75 Å². The summed E-state index contributed by atoms with van der Waals surface area (Å²) in [6.45, 7) is 0. The van der Waals surface area contributed by atoms with Gasteiger partial charge in [0.15, 0.2) is 12.6 Å². The first-order valence-corrected chi connectivity index (χ1v) is 9.34. The summed E-state index contributed by atoms with van der Waals surface area (Å²) in [5, 5.41) is 0.509. The minimum absolute atomic E-state index is 0.00648. The molecule has 148 valence electrons. The average molecular weight is 419 g/mol. The molecule has 4 aromatic rings. The van der Waals surface area contributed by atoms with Crippen LogP contribution in [-0.2, 0) is 0 Å². The predicted molar refractivity (Wildman–Crippen MR) is 115 cm³/mol. The number of aromatic nitrogens is 2. The van der Waals surface area contributed by atoms with Gasteiger partial charge in [-0.1, -0.05) is 35.9 Å². The molecule has 0 radical (unpaired) electrons. The molecule has 7 heteroatoms. The third-order valence-electron chi connectivity index (χ3n) is 4.84. The number of carbonyl (C=O) groups is 2. The molecular formula is C23H15ClN2O4. The van der Waals surface area contributed by atoms with Gasteiger partial charge in [-0.2, -0.15) is 0 Å². The van der Waals surface area contributed by atoms with Crippen molar-refractivity contribution in [3.63, 3.8) is 0 Å². The molecule has 6 nitrogen and oxygen atoms in total. The number of methoxy groups -OCH3 is 1. The first kappa shape index (κ1) is 19.5. The Morgan fingerprint density at radius 1 is 0.967 bits per heavy atom. The fraction of sp³-hybridized carbons (Fsp3) is 0.0435. The summed E-state index contributed by atoms with van der Waals surface area (Å²) in [4.78, 5) is 38.6. The van der Waals surface area contributed by atoms with Crippen molar-refractivity contribution in [2.75, 3.05) is 7.11 Å². The number of pyridine rings is 1. The molecule has 0 saturated heterocycles. The molecule has 0 fully saturated rings. The van der Waals surface area contributed by atoms with Crippen LogP contribution in [0.15, 0.2) is 65.7 Å². The second-order valence-corrected chi connectivity index (χ2v) is 6.90. The number of rotatable bonds is 5. The lowest BCUT2D eigenvalue weighted by atomic mass is 9.98. The van der Waals surface area contributed by atoms with Crippen molar-refractivity contribution in [1.29, 1.82) is 0 Å². The number of halogens is 1. The molecule has 2 aromatic carbocycles. The topological polar surface area (TPSA) is 77.7 Å². The molecule has 0 bridgehead atoms. The first-order valence-electron chi connectivity index (χ1n) is 8.96. The second-order valence-electron chi connectivity index (χ2n) is 6.52. The third-order valence-corrected chi connectivity index (χ3v) is 5.25. The summed E-state index contributed by atoms with van der Waals surface area (Å²) in [5.41, 5.74) is 3.52. The van der Waals surface area contributed by atoms with E-state index in [0.29, 0.717) is 28.3 Å². The van der Waals surface area contributed by atoms with Crippen LogP contribution in [0.25, 0.3) is 27.9 Å². The Labute approximate surface area is 176 Å². The molecule has 0 amide bonds. The molecule has 0 unspecified atom stereocenters. The molecule has 2 heterocycles. The van der Waals surface area contributed by atoms with Gasteiger partial charge in [0, 0.05) is 23.5 Å². The van der Waals surface area contributed by atoms with Crippen LogP contribution < -0.4 is 10.3 Å². The zero-order chi connectivity index (χ0) is 21.3. The number of benzene rings is 2. The molecule has 0 aliphatic rings. The largest absolute Gasteiger partial charge is 0.496 e. The van der Waals surface area contributed by atoms with Crippen molar-refractivity contribution >= 4 is 29.8 Å². The standard InChI is InChI=1S/C23H15ClN2O4/c1-30-20-9-14(5-6-16(20)12-27)18-3-2-4-19(22(18)24)15-7-8-26-21(10-15)25-11-17(13-28)23(26)29/h2-13H,1H3. The number of hydrogen-bond donors (Lipinski definition) is 0. The van der Waals surface area contributed by atoms with E-state index in [-0.39, 0.29) is 5.56 Å². The minimum atomic E-state index is -0.427. The van der Waals surface area contributed by atoms with Crippen LogP contribution in [0.3, 0.4) is 0 Å². The predicted octanol–water partition coefficient (Wildman–Crippen LogP) is 4.32. The molecule has 0 atom stereocenters. The van der Waals surface area contributed by atoms with E-state index in [1.165, 1.54) is 17.7 Å². The average Bonchev–Trinajstić information content (AvgIpc) is 2.79. The Morgan fingerprint density at radius 2 is 1.67 bits per heavy atom. The lowest BCUT2D eigenvalue weighted by Gasteiger charge is -2.13. The SMILES string of the molecule is COc1cc(-c2cccc(-c3ccn4c(=O)c(C=O)cnc4c3)c2Cl)ccc1C=O. The van der Waals surface area contributed by atoms with E-state index in [1.807, 2.05) is 18.2 Å². The third kappa shape index (κ3) is 3.27. The van der Waals surface area contributed by atoms with Crippen molar-refractivity contribution in [1.82, 2.24) is 9.38 Å². The number of fused-ring (bicyclic) bond motifs is 1. The van der Waals surface area contributed by atoms with E-state index in [2.05, 4.69) is 4.98 Å². The molecule has 0 aliphatic carbocycles. The molecule has 0 aliphatic heterocycles. The maximum atomic E-state index is 12.3. The second kappa shape index (κ2) is 7.93. The van der Waals surface area contributed by atoms with Crippen molar-refractivity contribution < 1.29 is 14.3 Å². The highest BCUT2D eigenvalue weighted by molar-refractivity contribution is 6.36. The van der Waals surface area contributed by atoms with Crippen molar-refractivity contribution in [3.8, 4) is 28.0 Å². The molecule has 2 aromatic heterocycles. The van der Waals surface area contributed by atoms with Gasteiger partial charge in [0.1, 0.15) is 11.4 Å². The maximum absolute atomic E-state index is 12.3. The number of nitrogens with zero attached hydrogens (tertiary/aromatic N) is 2. The van der Waals surface area contributed by atoms with E-state index in [0.717, 1.165) is 28.5 Å². The van der Waals surface area contributed by atoms with Crippen LogP contribution >= 0.6 is 11.6 Å². The minimum Gasteiger partial charge on any atom is -0.496 e. The van der Waals surface area contributed by atoms with E-state index in [9.17, 15) is 14.4 Å². The summed E-state index contributed by atoms with van der Waals surface area (Å²) < 4.78 is 6.61. The Kier molecular flexibility index (Phi) is 5.16. The number of hydrogen-bond acceptors (Lipinski definition) is 5. The van der Waals surface area contributed by atoms with E-state index < -0.39 is 5.56 Å². The maximum Gasteiger partial charge on any atom is 0.268 e. The van der Waals surface area contributed by atoms with Crippen molar-refractivity contribution in [3.05, 3.63) is 87.4 Å². The van der Waals surface area contributed by atoms with Gasteiger partial charge < -0.3 is 4.74 Å². The lowest BCUT2D eigenvalue weighted by molar-refractivity contribution is 0.111. The van der Waals surface area contributed by atoms with Gasteiger partial charge in [0.05, 0.1) is 23.3 Å². The van der Waals surface area contributed by atoms with Crippen LogP contribution in [-0.4, -0.2) is 29.1 Å². The summed E-state index contributed by atoms with van der Waals surface area (Å²) in [6, 6.07) is 14.3. The van der Waals surface area contributed by atoms with Crippen LogP contribution in [0, 0.1) is 0 Å². The molecule has 4 rings (SSSR count). The smallest absolute Gasteiger partial charge is 0.268 e. The van der Waals surface area contributed by atoms with Gasteiger partial charge >= 0.3 is 0 Å². The van der Waals surface area contributed by atoms with Gasteiger partial charge in [-0.05, 0) is 35.4 Å². The molecule has 0 saturated carbocycles. The van der Waals surface area contributed by atoms with Gasteiger partial charge in [-0.15, -0.1) is 0 Å². The summed E-state index contributed by atoms with van der Waals surface area (Å²) in [5.74, 6) is 0.462. The summed E-state index contributed by atoms with van der Waals surface area (Å²) in [7, 11) is 1.50. The Morgan fingerprint density at radius 3 is 2.33 bits per heavy atom. The van der Waals surface area contributed by atoms with Crippen molar-refractivity contribution in [2.45, 2.75) is 0 Å². The van der Waals surface area contributed by atoms with Crippen LogP contribution in [0.2, 0.25) is 5.02 Å². The number of carbonyl (C=O) groups excluding carboxylic acids is 2. The van der Waals surface area contributed by atoms with E-state index >= 15 is 0 Å². The van der Waals surface area contributed by atoms with E-state index in [1.54, 1.807) is 36.5 Å². The Bertz CT molecular complexity index is 1360. The fourth-order valence-corrected chi connectivity index (χ4v) is 3.64. The van der Waals surface area contributed by atoms with Crippen LogP contribution in [0.4, 0.5) is 0 Å². The molecule has 0 spiro atoms. The zero-order valence-electron chi connectivity index (χ0n) is 15.8. The monoisotopic (exact) mass is 418 g/mol. The van der Waals surface area contributed by atoms with Gasteiger partial charge in [-0.3, -0.25) is 18.8 Å². The highest BCUT2D eigenvalue weighted by Crippen LogP contribution is 2.38. The van der Waals surface area contributed by atoms with E-state index in [4.69, 9.17) is 16.3 Å². The molecule has 30 heavy (non-hydrogen) atoms. The highest BCUT2D eigenvalue weighted by atomic mass is 35.5. The highest BCUT2D eigenvalue weighted by Gasteiger charge is 2.13. The Hall–Kier alpha value is -3.77. The van der Waals surface area contributed by atoms with Crippen LogP contribution in [0.1, 0.15) is 20.7 Å². The quantitative estimate of drug-likeness (QED) is 0.451. The zero-order valence-corrected chi connectivity index (χ0v) is 16.6. The number of aldehydes is 2. The van der Waals surface area contributed by atoms with Crippen molar-refractivity contribution in [2.24, 2.45) is 0 Å². The van der Waals surface area contributed by atoms with Gasteiger partial charge in [0.2, 0.25) is 0 Å².